The summed E-state index contributed by atoms with van der Waals surface area (Å²) in [5.74, 6) is 0.225. The number of nitrogens with one attached hydrogen (secondary N) is 1. The van der Waals surface area contributed by atoms with Crippen molar-refractivity contribution < 1.29 is 9.59 Å². The van der Waals surface area contributed by atoms with E-state index in [0.717, 1.165) is 61.8 Å². The van der Waals surface area contributed by atoms with Gasteiger partial charge in [-0.2, -0.15) is 5.10 Å². The van der Waals surface area contributed by atoms with Crippen molar-refractivity contribution in [1.29, 1.82) is 0 Å². The lowest BCUT2D eigenvalue weighted by molar-refractivity contribution is -0.133. The molecule has 3 aromatic rings. The van der Waals surface area contributed by atoms with Crippen LogP contribution in [0.3, 0.4) is 0 Å². The topological polar surface area (TPSA) is 70.5 Å². The SMILES string of the molecule is Cc1nn(-c2ccccc2)c(C)c1NC(=O)CCN1CCN(C(=O)CCCc2ccccc2)CC1. The van der Waals surface area contributed by atoms with Crippen LogP contribution in [0.5, 0.6) is 0 Å². The molecule has 1 aliphatic rings. The van der Waals surface area contributed by atoms with Crippen molar-refractivity contribution in [3.63, 3.8) is 0 Å². The minimum Gasteiger partial charge on any atom is -0.340 e. The average molecular weight is 474 g/mol. The molecule has 7 nitrogen and oxygen atoms in total. The van der Waals surface area contributed by atoms with Crippen LogP contribution in [0.4, 0.5) is 5.69 Å². The first-order valence-electron chi connectivity index (χ1n) is 12.5. The number of nitrogens with zero attached hydrogens (tertiary/aromatic N) is 4. The van der Waals surface area contributed by atoms with E-state index in [1.807, 2.05) is 72.0 Å². The molecule has 1 fully saturated rings. The van der Waals surface area contributed by atoms with Crippen LogP contribution in [0.15, 0.2) is 60.7 Å². The molecule has 0 bridgehead atoms. The fraction of sp³-hybridized carbons (Fsp3) is 0.393. The summed E-state index contributed by atoms with van der Waals surface area (Å²) in [5.41, 5.74) is 4.76. The average Bonchev–Trinajstić information content (AvgIpc) is 3.17. The van der Waals surface area contributed by atoms with E-state index >= 15 is 0 Å². The van der Waals surface area contributed by atoms with Gasteiger partial charge >= 0.3 is 0 Å². The van der Waals surface area contributed by atoms with Crippen molar-refractivity contribution in [3.8, 4) is 5.69 Å². The molecule has 0 radical (unpaired) electrons. The van der Waals surface area contributed by atoms with Gasteiger partial charge in [0.05, 0.1) is 22.8 Å². The second kappa shape index (κ2) is 11.8. The van der Waals surface area contributed by atoms with Crippen LogP contribution in [0.1, 0.15) is 36.2 Å². The minimum atomic E-state index is -0.0109. The van der Waals surface area contributed by atoms with Gasteiger partial charge in [-0.15, -0.1) is 0 Å². The highest BCUT2D eigenvalue weighted by atomic mass is 16.2. The zero-order chi connectivity index (χ0) is 24.6. The molecule has 1 aliphatic heterocycles. The Labute approximate surface area is 207 Å². The minimum absolute atomic E-state index is 0.0109. The number of benzene rings is 2. The van der Waals surface area contributed by atoms with E-state index in [9.17, 15) is 9.59 Å². The van der Waals surface area contributed by atoms with Gasteiger partial charge in [0.25, 0.3) is 0 Å². The normalized spacial score (nSPS) is 14.2. The first kappa shape index (κ1) is 24.7. The number of rotatable bonds is 9. The fourth-order valence-electron chi connectivity index (χ4n) is 4.57. The van der Waals surface area contributed by atoms with Crippen LogP contribution < -0.4 is 5.32 Å². The Hall–Kier alpha value is -3.45. The van der Waals surface area contributed by atoms with E-state index in [-0.39, 0.29) is 11.8 Å². The summed E-state index contributed by atoms with van der Waals surface area (Å²) < 4.78 is 1.86. The molecule has 35 heavy (non-hydrogen) atoms. The van der Waals surface area contributed by atoms with Gasteiger partial charge in [0.2, 0.25) is 11.8 Å². The fourth-order valence-corrected chi connectivity index (χ4v) is 4.57. The summed E-state index contributed by atoms with van der Waals surface area (Å²) in [5, 5.41) is 7.66. The third kappa shape index (κ3) is 6.57. The van der Waals surface area contributed by atoms with Crippen LogP contribution in [0.25, 0.3) is 5.69 Å². The molecule has 0 unspecified atom stereocenters. The number of piperazine rings is 1. The molecule has 1 aromatic heterocycles. The first-order chi connectivity index (χ1) is 17.0. The monoisotopic (exact) mass is 473 g/mol. The molecule has 0 saturated carbocycles. The van der Waals surface area contributed by atoms with Crippen LogP contribution in [0, 0.1) is 13.8 Å². The Kier molecular flexibility index (Phi) is 8.32. The molecule has 2 aromatic carbocycles. The van der Waals surface area contributed by atoms with Crippen molar-refractivity contribution in [2.24, 2.45) is 0 Å². The summed E-state index contributed by atoms with van der Waals surface area (Å²) in [6.45, 7) is 7.65. The van der Waals surface area contributed by atoms with Crippen molar-refractivity contribution in [2.45, 2.75) is 39.5 Å². The molecule has 7 heteroatoms. The van der Waals surface area contributed by atoms with E-state index < -0.39 is 0 Å². The summed E-state index contributed by atoms with van der Waals surface area (Å²) in [6, 6.07) is 20.2. The van der Waals surface area contributed by atoms with Gasteiger partial charge in [-0.25, -0.2) is 4.68 Å². The molecule has 1 N–H and O–H groups in total. The predicted molar refractivity (Wildman–Crippen MR) is 139 cm³/mol. The van der Waals surface area contributed by atoms with Crippen molar-refractivity contribution in [2.75, 3.05) is 38.0 Å². The number of hydrogen-bond donors (Lipinski definition) is 1. The Bertz CT molecular complexity index is 1120. The maximum atomic E-state index is 12.7. The van der Waals surface area contributed by atoms with Gasteiger partial charge in [-0.05, 0) is 44.4 Å². The van der Waals surface area contributed by atoms with E-state index in [2.05, 4.69) is 27.4 Å². The number of anilines is 1. The second-order valence-corrected chi connectivity index (χ2v) is 9.15. The summed E-state index contributed by atoms with van der Waals surface area (Å²) in [4.78, 5) is 29.5. The number of amides is 2. The quantitative estimate of drug-likeness (QED) is 0.510. The van der Waals surface area contributed by atoms with Gasteiger partial charge in [0.1, 0.15) is 0 Å². The first-order valence-corrected chi connectivity index (χ1v) is 12.5. The summed E-state index contributed by atoms with van der Waals surface area (Å²) in [6.07, 6.45) is 2.82. The summed E-state index contributed by atoms with van der Waals surface area (Å²) in [7, 11) is 0. The number of para-hydroxylation sites is 1. The number of aryl methyl sites for hydroxylation is 2. The smallest absolute Gasteiger partial charge is 0.225 e. The molecule has 1 saturated heterocycles. The van der Waals surface area contributed by atoms with Crippen LogP contribution >= 0.6 is 0 Å². The molecule has 0 aliphatic carbocycles. The van der Waals surface area contributed by atoms with Crippen LogP contribution in [-0.2, 0) is 16.0 Å². The van der Waals surface area contributed by atoms with Crippen molar-refractivity contribution in [1.82, 2.24) is 19.6 Å². The molecular formula is C28H35N5O2. The standard InChI is InChI=1S/C28H35N5O2/c1-22-28(23(2)33(30-22)25-13-7-4-8-14-25)29-26(34)16-17-31-18-20-32(21-19-31)27(35)15-9-12-24-10-5-3-6-11-24/h3-8,10-11,13-14H,9,12,15-21H2,1-2H3,(H,29,34). The molecule has 184 valence electrons. The van der Waals surface area contributed by atoms with Crippen LogP contribution in [-0.4, -0.2) is 64.1 Å². The Balaban J connectivity index is 1.18. The lowest BCUT2D eigenvalue weighted by atomic mass is 10.1. The van der Waals surface area contributed by atoms with E-state index in [0.29, 0.717) is 19.4 Å². The lowest BCUT2D eigenvalue weighted by Gasteiger charge is -2.34. The highest BCUT2D eigenvalue weighted by Crippen LogP contribution is 2.23. The molecular weight excluding hydrogens is 438 g/mol. The van der Waals surface area contributed by atoms with Gasteiger partial charge in [-0.3, -0.25) is 14.5 Å². The highest BCUT2D eigenvalue weighted by molar-refractivity contribution is 5.92. The molecule has 0 spiro atoms. The van der Waals surface area contributed by atoms with E-state index in [1.54, 1.807) is 0 Å². The Morgan fingerprint density at radius 1 is 0.886 bits per heavy atom. The van der Waals surface area contributed by atoms with Gasteiger partial charge in [-0.1, -0.05) is 48.5 Å². The molecule has 2 amide bonds. The number of carbonyl (C=O) groups is 2. The predicted octanol–water partition coefficient (Wildman–Crippen LogP) is 3.98. The molecule has 2 heterocycles. The largest absolute Gasteiger partial charge is 0.340 e. The maximum Gasteiger partial charge on any atom is 0.225 e. The number of carbonyl (C=O) groups excluding carboxylic acids is 2. The zero-order valence-electron chi connectivity index (χ0n) is 20.7. The highest BCUT2D eigenvalue weighted by Gasteiger charge is 2.22. The van der Waals surface area contributed by atoms with E-state index in [4.69, 9.17) is 0 Å². The lowest BCUT2D eigenvalue weighted by Crippen LogP contribution is -2.49. The van der Waals surface area contributed by atoms with Gasteiger partial charge in [0.15, 0.2) is 0 Å². The number of aromatic nitrogens is 2. The third-order valence-electron chi connectivity index (χ3n) is 6.64. The van der Waals surface area contributed by atoms with Crippen LogP contribution in [0.2, 0.25) is 0 Å². The second-order valence-electron chi connectivity index (χ2n) is 9.15. The summed E-state index contributed by atoms with van der Waals surface area (Å²) >= 11 is 0. The van der Waals surface area contributed by atoms with Crippen molar-refractivity contribution in [3.05, 3.63) is 77.6 Å². The Morgan fingerprint density at radius 3 is 2.23 bits per heavy atom. The maximum absolute atomic E-state index is 12.7. The zero-order valence-corrected chi connectivity index (χ0v) is 20.7. The van der Waals surface area contributed by atoms with Gasteiger partial charge in [0, 0.05) is 45.6 Å². The Morgan fingerprint density at radius 2 is 1.54 bits per heavy atom. The van der Waals surface area contributed by atoms with Crippen molar-refractivity contribution >= 4 is 17.5 Å². The molecule has 4 rings (SSSR count). The van der Waals surface area contributed by atoms with Gasteiger partial charge < -0.3 is 10.2 Å². The molecule has 0 atom stereocenters. The third-order valence-corrected chi connectivity index (χ3v) is 6.64. The number of hydrogen-bond acceptors (Lipinski definition) is 4. The van der Waals surface area contributed by atoms with E-state index in [1.165, 1.54) is 5.56 Å².